The molecule has 0 unspecified atom stereocenters. The van der Waals surface area contributed by atoms with E-state index in [1.165, 1.54) is 11.3 Å². The minimum absolute atomic E-state index is 0.184. The van der Waals surface area contributed by atoms with Gasteiger partial charge in [-0.2, -0.15) is 0 Å². The fraction of sp³-hybridized carbons (Fsp3) is 0.182. The highest BCUT2D eigenvalue weighted by atomic mass is 32.1. The van der Waals surface area contributed by atoms with Gasteiger partial charge in [-0.15, -0.1) is 0 Å². The van der Waals surface area contributed by atoms with Crippen molar-refractivity contribution in [1.82, 2.24) is 19.5 Å². The fourth-order valence-corrected chi connectivity index (χ4v) is 4.22. The highest BCUT2D eigenvalue weighted by molar-refractivity contribution is 7.23. The monoisotopic (exact) mass is 447 g/mol. The highest BCUT2D eigenvalue weighted by Gasteiger charge is 2.20. The van der Waals surface area contributed by atoms with Gasteiger partial charge < -0.3 is 15.6 Å². The predicted molar refractivity (Wildman–Crippen MR) is 126 cm³/mol. The second-order valence-electron chi connectivity index (χ2n) is 8.42. The first-order chi connectivity index (χ1) is 15.3. The summed E-state index contributed by atoms with van der Waals surface area (Å²) in [4.78, 5) is 23.0. The lowest BCUT2D eigenvalue weighted by Gasteiger charge is -2.12. The Balaban J connectivity index is 1.29. The summed E-state index contributed by atoms with van der Waals surface area (Å²) in [6.45, 7) is 6.04. The summed E-state index contributed by atoms with van der Waals surface area (Å²) in [5.74, 6) is 1.56. The van der Waals surface area contributed by atoms with E-state index in [4.69, 9.17) is 15.2 Å². The number of anilines is 3. The van der Waals surface area contributed by atoms with Crippen molar-refractivity contribution in [1.29, 1.82) is 0 Å². The Bertz CT molecular complexity index is 1440. The molecule has 5 aromatic rings. The third-order valence-electron chi connectivity index (χ3n) is 4.91. The summed E-state index contributed by atoms with van der Waals surface area (Å²) < 4.78 is 7.29. The van der Waals surface area contributed by atoms with Gasteiger partial charge in [-0.3, -0.25) is 9.72 Å². The lowest BCUT2D eigenvalue weighted by atomic mass is 9.93. The molecule has 10 heteroatoms. The number of imidazole rings is 1. The first-order valence-corrected chi connectivity index (χ1v) is 10.8. The predicted octanol–water partition coefficient (Wildman–Crippen LogP) is 5.12. The molecule has 0 aliphatic rings. The number of pyridine rings is 1. The van der Waals surface area contributed by atoms with Crippen LogP contribution in [0.3, 0.4) is 0 Å². The molecule has 4 heterocycles. The van der Waals surface area contributed by atoms with E-state index in [0.29, 0.717) is 23.1 Å². The molecule has 32 heavy (non-hydrogen) atoms. The number of carbonyl (C=O) groups excluding carboxylic acids is 1. The minimum atomic E-state index is -0.396. The van der Waals surface area contributed by atoms with Crippen LogP contribution in [0.25, 0.3) is 26.6 Å². The summed E-state index contributed by atoms with van der Waals surface area (Å²) in [5.41, 5.74) is 8.98. The molecule has 1 aromatic carbocycles. The number of hydrogen-bond acceptors (Lipinski definition) is 7. The molecule has 4 aromatic heterocycles. The molecule has 162 valence electrons. The van der Waals surface area contributed by atoms with Gasteiger partial charge in [-0.1, -0.05) is 49.4 Å². The molecule has 9 nitrogen and oxygen atoms in total. The number of hydrogen-bond donors (Lipinski definition) is 3. The van der Waals surface area contributed by atoms with Crippen LogP contribution >= 0.6 is 11.3 Å². The Morgan fingerprint density at radius 1 is 1.09 bits per heavy atom. The molecule has 2 amide bonds. The van der Waals surface area contributed by atoms with E-state index in [0.717, 1.165) is 26.6 Å². The second-order valence-corrected chi connectivity index (χ2v) is 9.38. The van der Waals surface area contributed by atoms with Crippen LogP contribution in [0.2, 0.25) is 0 Å². The number of rotatable bonds is 3. The van der Waals surface area contributed by atoms with Crippen LogP contribution in [0.1, 0.15) is 26.5 Å². The lowest BCUT2D eigenvalue weighted by Crippen LogP contribution is -2.19. The van der Waals surface area contributed by atoms with E-state index in [-0.39, 0.29) is 5.41 Å². The quantitative estimate of drug-likeness (QED) is 0.353. The third kappa shape index (κ3) is 3.76. The Morgan fingerprint density at radius 3 is 2.59 bits per heavy atom. The maximum Gasteiger partial charge on any atom is 0.324 e. The first-order valence-electron chi connectivity index (χ1n) is 9.96. The van der Waals surface area contributed by atoms with Gasteiger partial charge in [0.05, 0.1) is 11.2 Å². The van der Waals surface area contributed by atoms with Crippen LogP contribution in [0, 0.1) is 0 Å². The molecule has 0 aliphatic carbocycles. The number of nitrogen functional groups attached to an aromatic ring is 1. The topological polar surface area (TPSA) is 123 Å². The molecular weight excluding hydrogens is 426 g/mol. The fourth-order valence-electron chi connectivity index (χ4n) is 3.23. The standard InChI is InChI=1S/C22H21N7O2S/c1-22(2,3)16-10-18(28-31-16)27-20(30)24-13-6-4-12(5-7-13)14-11-29-15-8-9-17(23)26-19(15)32-21(29)25-14/h4-11H,1-3H3,(H2,23,26)(H2,24,27,28,30). The van der Waals surface area contributed by atoms with Gasteiger partial charge in [0, 0.05) is 28.9 Å². The van der Waals surface area contributed by atoms with Crippen molar-refractivity contribution in [2.45, 2.75) is 26.2 Å². The van der Waals surface area contributed by atoms with Crippen LogP contribution in [0.4, 0.5) is 22.1 Å². The van der Waals surface area contributed by atoms with Crippen LogP contribution < -0.4 is 16.4 Å². The van der Waals surface area contributed by atoms with Crippen molar-refractivity contribution in [3.8, 4) is 11.3 Å². The van der Waals surface area contributed by atoms with Gasteiger partial charge in [-0.25, -0.2) is 14.8 Å². The smallest absolute Gasteiger partial charge is 0.324 e. The van der Waals surface area contributed by atoms with Crippen LogP contribution in [-0.4, -0.2) is 25.6 Å². The summed E-state index contributed by atoms with van der Waals surface area (Å²) in [6, 6.07) is 12.5. The largest absolute Gasteiger partial charge is 0.384 e. The second kappa shape index (κ2) is 7.34. The number of nitrogens with zero attached hydrogens (tertiary/aromatic N) is 4. The van der Waals surface area contributed by atoms with Gasteiger partial charge >= 0.3 is 6.03 Å². The Labute approximate surface area is 187 Å². The van der Waals surface area contributed by atoms with Crippen LogP contribution in [0.5, 0.6) is 0 Å². The molecule has 4 N–H and O–H groups in total. The van der Waals surface area contributed by atoms with E-state index >= 15 is 0 Å². The van der Waals surface area contributed by atoms with Gasteiger partial charge in [-0.05, 0) is 24.3 Å². The third-order valence-corrected chi connectivity index (χ3v) is 5.88. The van der Waals surface area contributed by atoms with E-state index in [1.807, 2.05) is 61.7 Å². The van der Waals surface area contributed by atoms with Crippen molar-refractivity contribution in [3.63, 3.8) is 0 Å². The summed E-state index contributed by atoms with van der Waals surface area (Å²) in [6.07, 6.45) is 1.97. The molecule has 0 spiro atoms. The Morgan fingerprint density at radius 2 is 1.88 bits per heavy atom. The van der Waals surface area contributed by atoms with Crippen molar-refractivity contribution >= 4 is 50.0 Å². The van der Waals surface area contributed by atoms with E-state index < -0.39 is 6.03 Å². The van der Waals surface area contributed by atoms with E-state index in [2.05, 4.69) is 20.8 Å². The highest BCUT2D eigenvalue weighted by Crippen LogP contribution is 2.29. The molecular formula is C22H21N7O2S. The van der Waals surface area contributed by atoms with Gasteiger partial charge in [0.1, 0.15) is 16.4 Å². The number of nitrogens with two attached hydrogens (primary N) is 1. The summed E-state index contributed by atoms with van der Waals surface area (Å²) in [7, 11) is 0. The molecule has 0 bridgehead atoms. The summed E-state index contributed by atoms with van der Waals surface area (Å²) >= 11 is 1.49. The van der Waals surface area contributed by atoms with Crippen LogP contribution in [-0.2, 0) is 5.41 Å². The van der Waals surface area contributed by atoms with Gasteiger partial charge in [0.2, 0.25) is 0 Å². The van der Waals surface area contributed by atoms with Crippen molar-refractivity contribution in [2.75, 3.05) is 16.4 Å². The average Bonchev–Trinajstić information content (AvgIpc) is 3.42. The molecule has 0 radical (unpaired) electrons. The van der Waals surface area contributed by atoms with Crippen molar-refractivity contribution in [3.05, 3.63) is 54.4 Å². The Kier molecular flexibility index (Phi) is 4.59. The summed E-state index contributed by atoms with van der Waals surface area (Å²) in [5, 5.41) is 9.37. The van der Waals surface area contributed by atoms with E-state index in [1.54, 1.807) is 12.1 Å². The van der Waals surface area contributed by atoms with Crippen molar-refractivity contribution in [2.24, 2.45) is 0 Å². The zero-order valence-corrected chi connectivity index (χ0v) is 18.5. The number of benzene rings is 1. The van der Waals surface area contributed by atoms with E-state index in [9.17, 15) is 4.79 Å². The molecule has 0 saturated heterocycles. The molecule has 0 aliphatic heterocycles. The van der Waals surface area contributed by atoms with Crippen LogP contribution in [0.15, 0.2) is 53.2 Å². The zero-order chi connectivity index (χ0) is 22.5. The molecule has 0 atom stereocenters. The zero-order valence-electron chi connectivity index (χ0n) is 17.7. The molecule has 0 fully saturated rings. The van der Waals surface area contributed by atoms with Gasteiger partial charge in [0.15, 0.2) is 10.8 Å². The number of amides is 2. The number of urea groups is 1. The Hall–Kier alpha value is -3.92. The average molecular weight is 448 g/mol. The normalized spacial score (nSPS) is 11.8. The lowest BCUT2D eigenvalue weighted by molar-refractivity contribution is 0.262. The maximum atomic E-state index is 12.3. The number of carbonyl (C=O) groups is 1. The number of aromatic nitrogens is 4. The molecule has 0 saturated carbocycles. The number of fused-ring (bicyclic) bond motifs is 3. The first kappa shape index (κ1) is 20.0. The molecule has 5 rings (SSSR count). The minimum Gasteiger partial charge on any atom is -0.384 e. The maximum absolute atomic E-state index is 12.3. The SMILES string of the molecule is CC(C)(C)c1cc(NC(=O)Nc2ccc(-c3cn4c(n3)sc3nc(N)ccc34)cc2)no1. The van der Waals surface area contributed by atoms with Crippen molar-refractivity contribution < 1.29 is 9.32 Å². The number of nitrogens with one attached hydrogen (secondary N) is 2. The van der Waals surface area contributed by atoms with Gasteiger partial charge in [0.25, 0.3) is 0 Å². The number of thiazole rings is 1.